The van der Waals surface area contributed by atoms with E-state index in [1.807, 2.05) is 6.92 Å². The van der Waals surface area contributed by atoms with Crippen LogP contribution < -0.4 is 4.90 Å². The summed E-state index contributed by atoms with van der Waals surface area (Å²) in [4.78, 5) is 52.4. The number of rotatable bonds is 4. The van der Waals surface area contributed by atoms with Crippen LogP contribution in [0, 0.1) is 22.9 Å². The second-order valence-corrected chi connectivity index (χ2v) is 8.46. The van der Waals surface area contributed by atoms with Gasteiger partial charge in [0.25, 0.3) is 23.4 Å². The Morgan fingerprint density at radius 2 is 1.56 bits per heavy atom. The van der Waals surface area contributed by atoms with Crippen molar-refractivity contribution in [1.29, 1.82) is 0 Å². The Morgan fingerprint density at radius 1 is 0.882 bits per heavy atom. The summed E-state index contributed by atoms with van der Waals surface area (Å²) in [7, 11) is 0. The fourth-order valence-corrected chi connectivity index (χ4v) is 4.52. The molecule has 0 radical (unpaired) electrons. The minimum atomic E-state index is -1.21. The summed E-state index contributed by atoms with van der Waals surface area (Å²) in [5.74, 6) is -2.53. The lowest BCUT2D eigenvalue weighted by Crippen LogP contribution is -2.67. The van der Waals surface area contributed by atoms with E-state index in [1.54, 1.807) is 18.2 Å². The van der Waals surface area contributed by atoms with E-state index in [1.165, 1.54) is 35.2 Å². The molecule has 3 aromatic carbocycles. The number of nitrogens with zero attached hydrogens (tertiary/aromatic N) is 3. The number of nitro groups is 1. The minimum Gasteiger partial charge on any atom is -0.300 e. The molecule has 1 saturated heterocycles. The molecule has 0 bridgehead atoms. The van der Waals surface area contributed by atoms with Crippen molar-refractivity contribution in [3.8, 4) is 0 Å². The number of hydrogen-bond donors (Lipinski definition) is 0. The van der Waals surface area contributed by atoms with Crippen molar-refractivity contribution >= 4 is 40.7 Å². The van der Waals surface area contributed by atoms with Gasteiger partial charge in [-0.3, -0.25) is 29.4 Å². The van der Waals surface area contributed by atoms with Crippen molar-refractivity contribution in [3.63, 3.8) is 0 Å². The highest BCUT2D eigenvalue weighted by Crippen LogP contribution is 2.45. The summed E-state index contributed by atoms with van der Waals surface area (Å²) in [6.45, 7) is 1.81. The van der Waals surface area contributed by atoms with E-state index >= 15 is 0 Å². The number of β-lactam (4-membered cyclic amide) rings is 1. The lowest BCUT2D eigenvalue weighted by Gasteiger charge is -2.49. The number of carbonyl (C=O) groups is 3. The number of benzene rings is 3. The molecule has 0 saturated carbocycles. The number of imide groups is 1. The van der Waals surface area contributed by atoms with Gasteiger partial charge in [-0.05, 0) is 48.4 Å². The predicted octanol–water partition coefficient (Wildman–Crippen LogP) is 4.45. The molecule has 170 valence electrons. The lowest BCUT2D eigenvalue weighted by molar-refractivity contribution is -0.384. The second kappa shape index (κ2) is 7.74. The van der Waals surface area contributed by atoms with Gasteiger partial charge in [-0.15, -0.1) is 0 Å². The number of nitro benzene ring substituents is 1. The normalized spacial score (nSPS) is 19.3. The van der Waals surface area contributed by atoms with E-state index in [9.17, 15) is 28.9 Å². The number of carbonyl (C=O) groups excluding carboxylic acids is 3. The maximum atomic E-state index is 13.6. The van der Waals surface area contributed by atoms with Crippen LogP contribution >= 0.6 is 11.6 Å². The van der Waals surface area contributed by atoms with Crippen molar-refractivity contribution < 1.29 is 23.7 Å². The van der Waals surface area contributed by atoms with Crippen LogP contribution in [0.2, 0.25) is 5.02 Å². The molecule has 1 fully saturated rings. The van der Waals surface area contributed by atoms with Crippen LogP contribution in [0.3, 0.4) is 0 Å². The molecule has 8 nitrogen and oxygen atoms in total. The fraction of sp³-hybridized carbons (Fsp3) is 0.125. The Hall–Kier alpha value is -4.11. The van der Waals surface area contributed by atoms with Gasteiger partial charge in [0.15, 0.2) is 0 Å². The summed E-state index contributed by atoms with van der Waals surface area (Å²) in [5.41, 5.74) is 1.27. The number of anilines is 1. The van der Waals surface area contributed by atoms with Gasteiger partial charge in [-0.25, -0.2) is 4.39 Å². The Kier molecular flexibility index (Phi) is 4.94. The van der Waals surface area contributed by atoms with Crippen molar-refractivity contribution in [3.05, 3.63) is 104 Å². The molecule has 34 heavy (non-hydrogen) atoms. The van der Waals surface area contributed by atoms with Crippen LogP contribution in [0.25, 0.3) is 0 Å². The van der Waals surface area contributed by atoms with Gasteiger partial charge in [-0.2, -0.15) is 0 Å². The van der Waals surface area contributed by atoms with Gasteiger partial charge < -0.3 is 4.90 Å². The van der Waals surface area contributed by atoms with Crippen LogP contribution in [0.1, 0.15) is 37.9 Å². The Labute approximate surface area is 197 Å². The minimum absolute atomic E-state index is 0.0157. The molecule has 3 aromatic rings. The zero-order valence-electron chi connectivity index (χ0n) is 17.6. The SMILES string of the molecule is Cc1ccc(N2C(=O)[C@H](N3C(=O)c4ccc([N+](=O)[O-])cc4C3=O)[C@@H]2c2ccc(F)cc2)cc1Cl. The van der Waals surface area contributed by atoms with E-state index < -0.39 is 40.5 Å². The molecule has 5 rings (SSSR count). The molecule has 0 aliphatic carbocycles. The largest absolute Gasteiger partial charge is 0.300 e. The summed E-state index contributed by atoms with van der Waals surface area (Å²) >= 11 is 6.25. The number of hydrogen-bond acceptors (Lipinski definition) is 5. The van der Waals surface area contributed by atoms with Crippen LogP contribution in [-0.2, 0) is 4.79 Å². The summed E-state index contributed by atoms with van der Waals surface area (Å²) < 4.78 is 13.6. The van der Waals surface area contributed by atoms with Crippen molar-refractivity contribution in [2.45, 2.75) is 19.0 Å². The van der Waals surface area contributed by atoms with E-state index in [4.69, 9.17) is 11.6 Å². The zero-order valence-corrected chi connectivity index (χ0v) is 18.3. The highest BCUT2D eigenvalue weighted by Gasteiger charge is 2.57. The van der Waals surface area contributed by atoms with Crippen molar-refractivity contribution in [2.75, 3.05) is 4.90 Å². The molecule has 0 N–H and O–H groups in total. The van der Waals surface area contributed by atoms with Crippen molar-refractivity contribution in [1.82, 2.24) is 4.90 Å². The zero-order chi connectivity index (χ0) is 24.3. The fourth-order valence-electron chi connectivity index (χ4n) is 4.35. The topological polar surface area (TPSA) is 101 Å². The second-order valence-electron chi connectivity index (χ2n) is 8.05. The molecule has 0 aromatic heterocycles. The number of non-ortho nitro benzene ring substituents is 1. The summed E-state index contributed by atoms with van der Waals surface area (Å²) in [5, 5.41) is 11.6. The Morgan fingerprint density at radius 3 is 2.21 bits per heavy atom. The van der Waals surface area contributed by atoms with E-state index in [2.05, 4.69) is 0 Å². The monoisotopic (exact) mass is 479 g/mol. The molecular weight excluding hydrogens is 465 g/mol. The molecule has 3 amide bonds. The predicted molar refractivity (Wildman–Crippen MR) is 120 cm³/mol. The number of fused-ring (bicyclic) bond motifs is 1. The molecular formula is C24H15ClFN3O5. The van der Waals surface area contributed by atoms with E-state index in [-0.39, 0.29) is 16.8 Å². The third-order valence-corrected chi connectivity index (χ3v) is 6.51. The van der Waals surface area contributed by atoms with Gasteiger partial charge in [0, 0.05) is 22.8 Å². The highest BCUT2D eigenvalue weighted by molar-refractivity contribution is 6.32. The Balaban J connectivity index is 1.58. The first kappa shape index (κ1) is 21.7. The summed E-state index contributed by atoms with van der Waals surface area (Å²) in [6.07, 6.45) is 0. The molecule has 2 aliphatic heterocycles. The van der Waals surface area contributed by atoms with E-state index in [0.29, 0.717) is 16.3 Å². The molecule has 0 unspecified atom stereocenters. The molecule has 2 aliphatic rings. The van der Waals surface area contributed by atoms with Crippen LogP contribution in [0.5, 0.6) is 0 Å². The van der Waals surface area contributed by atoms with Crippen LogP contribution in [0.15, 0.2) is 60.7 Å². The first-order valence-corrected chi connectivity index (χ1v) is 10.6. The Bertz CT molecular complexity index is 1410. The highest BCUT2D eigenvalue weighted by atomic mass is 35.5. The van der Waals surface area contributed by atoms with Gasteiger partial charge in [0.05, 0.1) is 22.1 Å². The molecule has 2 heterocycles. The average Bonchev–Trinajstić information content (AvgIpc) is 3.05. The van der Waals surface area contributed by atoms with Crippen molar-refractivity contribution in [2.24, 2.45) is 0 Å². The average molecular weight is 480 g/mol. The first-order chi connectivity index (χ1) is 16.2. The third-order valence-electron chi connectivity index (χ3n) is 6.10. The van der Waals surface area contributed by atoms with Gasteiger partial charge in [0.2, 0.25) is 0 Å². The summed E-state index contributed by atoms with van der Waals surface area (Å²) in [6, 6.07) is 11.8. The number of amides is 3. The maximum Gasteiger partial charge on any atom is 0.270 e. The first-order valence-electron chi connectivity index (χ1n) is 10.2. The third kappa shape index (κ3) is 3.16. The standard InChI is InChI=1S/C24H15ClFN3O5/c1-12-2-7-15(11-19(12)25)27-20(13-3-5-14(26)6-4-13)21(24(27)32)28-22(30)17-9-8-16(29(33)34)10-18(17)23(28)31/h2-11,20-21H,1H3/t20-,21+/m0/s1. The molecule has 0 spiro atoms. The molecule has 2 atom stereocenters. The van der Waals surface area contributed by atoms with Crippen LogP contribution in [0.4, 0.5) is 15.8 Å². The number of halogens is 2. The smallest absolute Gasteiger partial charge is 0.270 e. The quantitative estimate of drug-likeness (QED) is 0.238. The number of aryl methyl sites for hydroxylation is 1. The lowest BCUT2D eigenvalue weighted by atomic mass is 9.86. The van der Waals surface area contributed by atoms with E-state index in [0.717, 1.165) is 22.6 Å². The molecule has 10 heteroatoms. The van der Waals surface area contributed by atoms with Crippen LogP contribution in [-0.4, -0.2) is 33.6 Å². The van der Waals surface area contributed by atoms with Gasteiger partial charge in [-0.1, -0.05) is 29.8 Å². The van der Waals surface area contributed by atoms with Gasteiger partial charge in [0.1, 0.15) is 11.9 Å². The maximum absolute atomic E-state index is 13.6. The van der Waals surface area contributed by atoms with Gasteiger partial charge >= 0.3 is 0 Å².